The van der Waals surface area contributed by atoms with Gasteiger partial charge in [-0.15, -0.1) is 11.3 Å². The second-order valence-corrected chi connectivity index (χ2v) is 13.0. The average molecular weight is 554 g/mol. The van der Waals surface area contributed by atoms with Crippen molar-refractivity contribution in [3.8, 4) is 39.1 Å². The first-order valence-corrected chi connectivity index (χ1v) is 15.9. The standard InChI is InChI=1S/C40H27NS/c1-2-9-27-26(8-1)30-12-7-13-32-36(20-18-31(27)40(30)32)41-35-14-5-3-10-28(35)33-22-24(16-19-37(33)41)25-17-21-39-34(23-25)29-11-4-6-15-38(29)42-39/h1-4,7-13,16-23H,5-6,14-15H2. The van der Waals surface area contributed by atoms with E-state index in [1.165, 1.54) is 98.9 Å². The summed E-state index contributed by atoms with van der Waals surface area (Å²) in [6.07, 6.45) is 13.8. The Hall–Kier alpha value is -4.66. The van der Waals surface area contributed by atoms with Gasteiger partial charge in [0.25, 0.3) is 0 Å². The number of fused-ring (bicyclic) bond motifs is 9. The minimum atomic E-state index is 1.05. The van der Waals surface area contributed by atoms with E-state index >= 15 is 0 Å². The van der Waals surface area contributed by atoms with Gasteiger partial charge >= 0.3 is 0 Å². The maximum Gasteiger partial charge on any atom is 0.0538 e. The predicted molar refractivity (Wildman–Crippen MR) is 181 cm³/mol. The molecule has 1 nitrogen and oxygen atoms in total. The minimum absolute atomic E-state index is 1.05. The van der Waals surface area contributed by atoms with Gasteiger partial charge in [-0.2, -0.15) is 0 Å². The van der Waals surface area contributed by atoms with Crippen molar-refractivity contribution in [1.82, 2.24) is 4.57 Å². The monoisotopic (exact) mass is 553 g/mol. The summed E-state index contributed by atoms with van der Waals surface area (Å²) in [5.41, 5.74) is 14.8. The second-order valence-electron chi connectivity index (χ2n) is 11.9. The molecule has 10 rings (SSSR count). The second kappa shape index (κ2) is 8.44. The molecule has 7 aromatic rings. The molecule has 0 unspecified atom stereocenters. The number of hydrogen-bond donors (Lipinski definition) is 0. The molecule has 2 heteroatoms. The Morgan fingerprint density at radius 2 is 1.31 bits per heavy atom. The van der Waals surface area contributed by atoms with Crippen molar-refractivity contribution in [3.05, 3.63) is 125 Å². The summed E-state index contributed by atoms with van der Waals surface area (Å²) in [4.78, 5) is 1.53. The third-order valence-corrected chi connectivity index (χ3v) is 10.9. The molecule has 0 aliphatic heterocycles. The maximum atomic E-state index is 2.56. The third-order valence-electron chi connectivity index (χ3n) is 9.67. The normalized spacial score (nSPS) is 14.6. The van der Waals surface area contributed by atoms with Crippen LogP contribution in [0.2, 0.25) is 0 Å². The first kappa shape index (κ1) is 23.0. The summed E-state index contributed by atoms with van der Waals surface area (Å²) in [5, 5.41) is 5.46. The zero-order chi connectivity index (χ0) is 27.4. The minimum Gasteiger partial charge on any atom is -0.312 e. The molecule has 198 valence electrons. The molecule has 0 fully saturated rings. The molecular formula is C40H27NS. The zero-order valence-corrected chi connectivity index (χ0v) is 24.0. The largest absolute Gasteiger partial charge is 0.312 e. The molecule has 0 saturated heterocycles. The lowest BCUT2D eigenvalue weighted by Gasteiger charge is -2.16. The van der Waals surface area contributed by atoms with Crippen LogP contribution in [0.4, 0.5) is 0 Å². The van der Waals surface area contributed by atoms with Gasteiger partial charge < -0.3 is 4.57 Å². The number of thiophene rings is 1. The summed E-state index contributed by atoms with van der Waals surface area (Å²) in [6.45, 7) is 0. The third kappa shape index (κ3) is 3.03. The van der Waals surface area contributed by atoms with Crippen molar-refractivity contribution in [1.29, 1.82) is 0 Å². The van der Waals surface area contributed by atoms with E-state index in [0.29, 0.717) is 0 Å². The van der Waals surface area contributed by atoms with Crippen molar-refractivity contribution in [2.75, 3.05) is 0 Å². The van der Waals surface area contributed by atoms with Gasteiger partial charge in [-0.1, -0.05) is 85.0 Å². The van der Waals surface area contributed by atoms with Crippen molar-refractivity contribution in [2.45, 2.75) is 25.7 Å². The maximum absolute atomic E-state index is 2.56. The van der Waals surface area contributed by atoms with E-state index in [-0.39, 0.29) is 0 Å². The molecule has 0 radical (unpaired) electrons. The lowest BCUT2D eigenvalue weighted by molar-refractivity contribution is 0.892. The highest BCUT2D eigenvalue weighted by Crippen LogP contribution is 2.49. The molecule has 5 aromatic carbocycles. The summed E-state index contributed by atoms with van der Waals surface area (Å²) < 4.78 is 3.96. The van der Waals surface area contributed by atoms with Crippen LogP contribution in [0.25, 0.3) is 83.0 Å². The van der Waals surface area contributed by atoms with Gasteiger partial charge in [0.15, 0.2) is 0 Å². The van der Waals surface area contributed by atoms with Gasteiger partial charge in [-0.3, -0.25) is 0 Å². The molecule has 0 N–H and O–H groups in total. The fourth-order valence-electron chi connectivity index (χ4n) is 7.80. The van der Waals surface area contributed by atoms with E-state index < -0.39 is 0 Å². The van der Waals surface area contributed by atoms with Crippen LogP contribution in [0, 0.1) is 0 Å². The molecule has 3 aliphatic carbocycles. The molecule has 2 heterocycles. The van der Waals surface area contributed by atoms with Gasteiger partial charge in [0.2, 0.25) is 0 Å². The van der Waals surface area contributed by atoms with Crippen molar-refractivity contribution < 1.29 is 0 Å². The molecule has 0 saturated carbocycles. The predicted octanol–water partition coefficient (Wildman–Crippen LogP) is 11.2. The van der Waals surface area contributed by atoms with Gasteiger partial charge in [0, 0.05) is 37.0 Å². The zero-order valence-electron chi connectivity index (χ0n) is 23.2. The van der Waals surface area contributed by atoms with Crippen LogP contribution in [0.5, 0.6) is 0 Å². The smallest absolute Gasteiger partial charge is 0.0538 e. The highest BCUT2D eigenvalue weighted by molar-refractivity contribution is 7.19. The van der Waals surface area contributed by atoms with E-state index in [2.05, 4.69) is 120 Å². The summed E-state index contributed by atoms with van der Waals surface area (Å²) in [6, 6.07) is 34.6. The molecular weight excluding hydrogens is 527 g/mol. The number of aromatic nitrogens is 1. The van der Waals surface area contributed by atoms with Crippen LogP contribution in [0.15, 0.2) is 103 Å². The number of hydrogen-bond acceptors (Lipinski definition) is 1. The number of aryl methyl sites for hydroxylation is 1. The summed E-state index contributed by atoms with van der Waals surface area (Å²) >= 11 is 1.97. The molecule has 0 amide bonds. The Bertz CT molecular complexity index is 2330. The van der Waals surface area contributed by atoms with Crippen LogP contribution >= 0.6 is 11.3 Å². The van der Waals surface area contributed by atoms with Crippen molar-refractivity contribution >= 4 is 55.3 Å². The molecule has 0 bridgehead atoms. The number of nitrogens with zero attached hydrogens (tertiary/aromatic N) is 1. The lowest BCUT2D eigenvalue weighted by Crippen LogP contribution is -2.03. The summed E-state index contributed by atoms with van der Waals surface area (Å²) in [7, 11) is 0. The Morgan fingerprint density at radius 3 is 2.19 bits per heavy atom. The van der Waals surface area contributed by atoms with Gasteiger partial charge in [0.05, 0.1) is 11.2 Å². The number of rotatable bonds is 2. The Balaban J connectivity index is 1.20. The summed E-state index contributed by atoms with van der Waals surface area (Å²) in [5.74, 6) is 0. The van der Waals surface area contributed by atoms with Gasteiger partial charge in [0.1, 0.15) is 0 Å². The van der Waals surface area contributed by atoms with Crippen molar-refractivity contribution in [3.63, 3.8) is 0 Å². The SMILES string of the molecule is C1=Cc2c(sc3ccc(-c4ccc5c(c4)c4c(n5-c5ccc6c7c(cccc57)-c5ccccc5-6)CCC=C4)cc23)CC1. The topological polar surface area (TPSA) is 4.93 Å². The van der Waals surface area contributed by atoms with Crippen LogP contribution in [0.3, 0.4) is 0 Å². The first-order chi connectivity index (χ1) is 20.8. The number of allylic oxidation sites excluding steroid dienone is 2. The Kier molecular flexibility index (Phi) is 4.61. The Morgan fingerprint density at radius 1 is 0.571 bits per heavy atom. The van der Waals surface area contributed by atoms with E-state index in [1.807, 2.05) is 11.3 Å². The van der Waals surface area contributed by atoms with E-state index in [9.17, 15) is 0 Å². The first-order valence-electron chi connectivity index (χ1n) is 15.1. The molecule has 3 aliphatic rings. The quantitative estimate of drug-likeness (QED) is 0.201. The van der Waals surface area contributed by atoms with Crippen LogP contribution in [-0.4, -0.2) is 4.57 Å². The van der Waals surface area contributed by atoms with Gasteiger partial charge in [-0.05, 0) is 100 Å². The highest BCUT2D eigenvalue weighted by Gasteiger charge is 2.25. The molecule has 0 atom stereocenters. The number of benzene rings is 5. The van der Waals surface area contributed by atoms with E-state index in [1.54, 1.807) is 0 Å². The van der Waals surface area contributed by atoms with Crippen LogP contribution < -0.4 is 0 Å². The van der Waals surface area contributed by atoms with Crippen molar-refractivity contribution in [2.24, 2.45) is 0 Å². The fraction of sp³-hybridized carbons (Fsp3) is 0.100. The Labute approximate surface area is 248 Å². The fourth-order valence-corrected chi connectivity index (χ4v) is 8.98. The van der Waals surface area contributed by atoms with E-state index in [0.717, 1.165) is 19.3 Å². The lowest BCUT2D eigenvalue weighted by atomic mass is 9.97. The van der Waals surface area contributed by atoms with Crippen LogP contribution in [-0.2, 0) is 12.8 Å². The van der Waals surface area contributed by atoms with E-state index in [4.69, 9.17) is 0 Å². The molecule has 42 heavy (non-hydrogen) atoms. The molecule has 0 spiro atoms. The average Bonchev–Trinajstić information content (AvgIpc) is 3.70. The van der Waals surface area contributed by atoms with Crippen LogP contribution in [0.1, 0.15) is 34.5 Å². The van der Waals surface area contributed by atoms with Gasteiger partial charge in [-0.25, -0.2) is 0 Å². The highest BCUT2D eigenvalue weighted by atomic mass is 32.1. The molecule has 2 aromatic heterocycles.